The summed E-state index contributed by atoms with van der Waals surface area (Å²) >= 11 is 9.39. The van der Waals surface area contributed by atoms with E-state index < -0.39 is 0 Å². The first-order valence-corrected chi connectivity index (χ1v) is 6.68. The van der Waals surface area contributed by atoms with Gasteiger partial charge in [-0.1, -0.05) is 39.7 Å². The smallest absolute Gasteiger partial charge is 0.123 e. The molecule has 0 bridgehead atoms. The number of nitrogens with two attached hydrogens (primary N) is 1. The van der Waals surface area contributed by atoms with E-state index in [0.717, 1.165) is 15.6 Å². The predicted octanol–water partition coefficient (Wildman–Crippen LogP) is 4.48. The van der Waals surface area contributed by atoms with Crippen molar-refractivity contribution in [1.29, 1.82) is 0 Å². The van der Waals surface area contributed by atoms with Crippen LogP contribution >= 0.6 is 27.5 Å². The zero-order valence-electron chi connectivity index (χ0n) is 9.54. The molecule has 0 aromatic heterocycles. The molecule has 0 aliphatic heterocycles. The topological polar surface area (TPSA) is 26.0 Å². The summed E-state index contributed by atoms with van der Waals surface area (Å²) in [6.07, 6.45) is 0.512. The van der Waals surface area contributed by atoms with Crippen molar-refractivity contribution < 1.29 is 4.39 Å². The Bertz CT molecular complexity index is 542. The van der Waals surface area contributed by atoms with Gasteiger partial charge < -0.3 is 5.73 Å². The molecular weight excluding hydrogens is 317 g/mol. The van der Waals surface area contributed by atoms with Crippen LogP contribution < -0.4 is 5.73 Å². The molecule has 0 heterocycles. The maximum absolute atomic E-state index is 13.1. The van der Waals surface area contributed by atoms with Crippen LogP contribution in [0.3, 0.4) is 0 Å². The Kier molecular flexibility index (Phi) is 4.38. The van der Waals surface area contributed by atoms with Crippen LogP contribution in [-0.2, 0) is 6.42 Å². The second-order valence-corrected chi connectivity index (χ2v) is 5.42. The lowest BCUT2D eigenvalue weighted by atomic mass is 10.00. The molecule has 1 unspecified atom stereocenters. The minimum absolute atomic E-state index is 0.197. The highest BCUT2D eigenvalue weighted by molar-refractivity contribution is 9.10. The molecule has 0 aliphatic rings. The van der Waals surface area contributed by atoms with Crippen LogP contribution in [0.5, 0.6) is 0 Å². The van der Waals surface area contributed by atoms with Crippen molar-refractivity contribution in [2.24, 2.45) is 5.73 Å². The maximum Gasteiger partial charge on any atom is 0.123 e. The first-order valence-electron chi connectivity index (χ1n) is 5.51. The summed E-state index contributed by atoms with van der Waals surface area (Å²) in [6.45, 7) is 0. The molecule has 0 spiro atoms. The minimum Gasteiger partial charge on any atom is -0.324 e. The molecule has 0 radical (unpaired) electrons. The van der Waals surface area contributed by atoms with Gasteiger partial charge in [-0.05, 0) is 47.9 Å². The summed E-state index contributed by atoms with van der Waals surface area (Å²) in [6, 6.07) is 11.9. The van der Waals surface area contributed by atoms with Crippen LogP contribution in [-0.4, -0.2) is 0 Å². The summed E-state index contributed by atoms with van der Waals surface area (Å²) in [5.74, 6) is -0.294. The third kappa shape index (κ3) is 3.31. The molecule has 2 aromatic carbocycles. The van der Waals surface area contributed by atoms with Crippen molar-refractivity contribution >= 4 is 27.5 Å². The van der Waals surface area contributed by atoms with Gasteiger partial charge in [-0.2, -0.15) is 0 Å². The van der Waals surface area contributed by atoms with Crippen LogP contribution in [0.25, 0.3) is 0 Å². The average Bonchev–Trinajstić information content (AvgIpc) is 2.34. The maximum atomic E-state index is 13.1. The van der Waals surface area contributed by atoms with Crippen molar-refractivity contribution in [1.82, 2.24) is 0 Å². The molecule has 2 N–H and O–H groups in total. The first-order chi connectivity index (χ1) is 8.56. The third-order valence-electron chi connectivity index (χ3n) is 2.75. The quantitative estimate of drug-likeness (QED) is 0.883. The summed E-state index contributed by atoms with van der Waals surface area (Å²) in [5.41, 5.74) is 7.83. The van der Waals surface area contributed by atoms with Gasteiger partial charge in [0, 0.05) is 15.5 Å². The summed E-state index contributed by atoms with van der Waals surface area (Å²) < 4.78 is 14.1. The molecule has 0 saturated carbocycles. The number of rotatable bonds is 3. The van der Waals surface area contributed by atoms with E-state index in [-0.39, 0.29) is 11.9 Å². The number of benzene rings is 2. The Morgan fingerprint density at radius 2 is 1.83 bits per heavy atom. The van der Waals surface area contributed by atoms with Gasteiger partial charge in [0.15, 0.2) is 0 Å². The Labute approximate surface area is 119 Å². The van der Waals surface area contributed by atoms with Crippen LogP contribution in [0, 0.1) is 5.82 Å². The number of hydrogen-bond donors (Lipinski definition) is 1. The van der Waals surface area contributed by atoms with E-state index in [4.69, 9.17) is 17.3 Å². The highest BCUT2D eigenvalue weighted by atomic mass is 79.9. The SMILES string of the molecule is NC(Cc1cc(F)ccc1Cl)c1ccc(Br)cc1. The second-order valence-electron chi connectivity index (χ2n) is 4.10. The van der Waals surface area contributed by atoms with E-state index in [2.05, 4.69) is 15.9 Å². The molecule has 0 amide bonds. The van der Waals surface area contributed by atoms with Gasteiger partial charge in [0.05, 0.1) is 0 Å². The highest BCUT2D eigenvalue weighted by Gasteiger charge is 2.10. The largest absolute Gasteiger partial charge is 0.324 e. The van der Waals surface area contributed by atoms with Gasteiger partial charge in [-0.3, -0.25) is 0 Å². The van der Waals surface area contributed by atoms with Crippen LogP contribution in [0.2, 0.25) is 5.02 Å². The van der Waals surface area contributed by atoms with Crippen molar-refractivity contribution in [3.63, 3.8) is 0 Å². The van der Waals surface area contributed by atoms with Gasteiger partial charge >= 0.3 is 0 Å². The Balaban J connectivity index is 2.18. The Morgan fingerprint density at radius 1 is 1.17 bits per heavy atom. The molecule has 1 nitrogen and oxygen atoms in total. The molecule has 0 saturated heterocycles. The molecule has 1 atom stereocenters. The third-order valence-corrected chi connectivity index (χ3v) is 3.64. The number of hydrogen-bond acceptors (Lipinski definition) is 1. The van der Waals surface area contributed by atoms with E-state index in [1.807, 2.05) is 24.3 Å². The highest BCUT2D eigenvalue weighted by Crippen LogP contribution is 2.24. The average molecular weight is 329 g/mol. The lowest BCUT2D eigenvalue weighted by molar-refractivity contribution is 0.622. The van der Waals surface area contributed by atoms with Crippen molar-refractivity contribution in [2.45, 2.75) is 12.5 Å². The van der Waals surface area contributed by atoms with Gasteiger partial charge in [-0.25, -0.2) is 4.39 Å². The fourth-order valence-electron chi connectivity index (χ4n) is 1.76. The van der Waals surface area contributed by atoms with Crippen LogP contribution in [0.15, 0.2) is 46.9 Å². The minimum atomic E-state index is -0.294. The zero-order chi connectivity index (χ0) is 13.1. The second kappa shape index (κ2) is 5.83. The molecular formula is C14H12BrClFN. The summed E-state index contributed by atoms with van der Waals surface area (Å²) in [5, 5.41) is 0.545. The van der Waals surface area contributed by atoms with E-state index in [1.54, 1.807) is 6.07 Å². The number of halogens is 3. The zero-order valence-corrected chi connectivity index (χ0v) is 11.9. The van der Waals surface area contributed by atoms with Crippen LogP contribution in [0.4, 0.5) is 4.39 Å². The Morgan fingerprint density at radius 3 is 2.50 bits per heavy atom. The Hall–Kier alpha value is -0.900. The fourth-order valence-corrected chi connectivity index (χ4v) is 2.22. The molecule has 4 heteroatoms. The van der Waals surface area contributed by atoms with Crippen molar-refractivity contribution in [2.75, 3.05) is 0 Å². The van der Waals surface area contributed by atoms with E-state index >= 15 is 0 Å². The lowest BCUT2D eigenvalue weighted by Crippen LogP contribution is -2.13. The lowest BCUT2D eigenvalue weighted by Gasteiger charge is -2.13. The standard InChI is InChI=1S/C14H12BrClFN/c15-11-3-1-9(2-4-11)14(18)8-10-7-12(17)5-6-13(10)16/h1-7,14H,8,18H2. The molecule has 0 aliphatic carbocycles. The molecule has 2 rings (SSSR count). The molecule has 0 fully saturated rings. The van der Waals surface area contributed by atoms with Crippen molar-refractivity contribution in [3.8, 4) is 0 Å². The fraction of sp³-hybridized carbons (Fsp3) is 0.143. The molecule has 2 aromatic rings. The van der Waals surface area contributed by atoms with E-state index in [1.165, 1.54) is 12.1 Å². The van der Waals surface area contributed by atoms with Gasteiger partial charge in [0.2, 0.25) is 0 Å². The summed E-state index contributed by atoms with van der Waals surface area (Å²) in [4.78, 5) is 0. The normalized spacial score (nSPS) is 12.4. The molecule has 18 heavy (non-hydrogen) atoms. The predicted molar refractivity (Wildman–Crippen MR) is 76.2 cm³/mol. The molecule has 94 valence electrons. The first kappa shape index (κ1) is 13.5. The van der Waals surface area contributed by atoms with Crippen LogP contribution in [0.1, 0.15) is 17.2 Å². The van der Waals surface area contributed by atoms with Gasteiger partial charge in [0.1, 0.15) is 5.82 Å². The van der Waals surface area contributed by atoms with Gasteiger partial charge in [-0.15, -0.1) is 0 Å². The van der Waals surface area contributed by atoms with E-state index in [0.29, 0.717) is 11.4 Å². The van der Waals surface area contributed by atoms with Crippen molar-refractivity contribution in [3.05, 3.63) is 68.9 Å². The monoisotopic (exact) mass is 327 g/mol. The van der Waals surface area contributed by atoms with Gasteiger partial charge in [0.25, 0.3) is 0 Å². The van der Waals surface area contributed by atoms with E-state index in [9.17, 15) is 4.39 Å². The summed E-state index contributed by atoms with van der Waals surface area (Å²) in [7, 11) is 0.